The Morgan fingerprint density at radius 1 is 1.12 bits per heavy atom. The third-order valence-corrected chi connectivity index (χ3v) is 7.23. The molecule has 1 aromatic rings. The summed E-state index contributed by atoms with van der Waals surface area (Å²) in [5, 5.41) is 2.79. The molecule has 6 nitrogen and oxygen atoms in total. The Labute approximate surface area is 150 Å². The summed E-state index contributed by atoms with van der Waals surface area (Å²) in [7, 11) is -3.11. The van der Waals surface area contributed by atoms with Gasteiger partial charge in [-0.25, -0.2) is 12.7 Å². The van der Waals surface area contributed by atoms with E-state index in [0.717, 1.165) is 31.4 Å². The van der Waals surface area contributed by atoms with Crippen LogP contribution in [0, 0.1) is 6.92 Å². The lowest BCUT2D eigenvalue weighted by Crippen LogP contribution is -2.40. The van der Waals surface area contributed by atoms with E-state index in [2.05, 4.69) is 5.32 Å². The minimum atomic E-state index is -3.11. The molecule has 2 fully saturated rings. The average Bonchev–Trinajstić information content (AvgIpc) is 3.42. The van der Waals surface area contributed by atoms with Crippen LogP contribution in [0.2, 0.25) is 0 Å². The first-order valence-corrected chi connectivity index (χ1v) is 10.5. The number of benzene rings is 1. The Morgan fingerprint density at radius 3 is 2.52 bits per heavy atom. The lowest BCUT2D eigenvalue weighted by Gasteiger charge is -2.21. The highest BCUT2D eigenvalue weighted by Crippen LogP contribution is 2.31. The van der Waals surface area contributed by atoms with Crippen LogP contribution in [0.3, 0.4) is 0 Å². The van der Waals surface area contributed by atoms with Crippen molar-refractivity contribution in [2.45, 2.75) is 38.0 Å². The number of rotatable bonds is 6. The molecule has 0 bridgehead atoms. The lowest BCUT2D eigenvalue weighted by atomic mass is 10.1. The third kappa shape index (κ3) is 5.03. The minimum Gasteiger partial charge on any atom is -0.351 e. The molecule has 0 spiro atoms. The highest BCUT2D eigenvalue weighted by Gasteiger charge is 2.40. The van der Waals surface area contributed by atoms with E-state index >= 15 is 0 Å². The van der Waals surface area contributed by atoms with Gasteiger partial charge in [0.25, 0.3) is 0 Å². The fourth-order valence-electron chi connectivity index (χ4n) is 3.10. The fraction of sp³-hybridized carbons (Fsp3) is 0.611. The van der Waals surface area contributed by atoms with E-state index in [1.807, 2.05) is 36.1 Å². The van der Waals surface area contributed by atoms with Crippen LogP contribution in [0.1, 0.15) is 30.4 Å². The van der Waals surface area contributed by atoms with Gasteiger partial charge in [0.1, 0.15) is 0 Å². The summed E-state index contributed by atoms with van der Waals surface area (Å²) < 4.78 is 26.3. The Morgan fingerprint density at radius 2 is 1.84 bits per heavy atom. The minimum absolute atomic E-state index is 0.0147. The molecular weight excluding hydrogens is 338 g/mol. The van der Waals surface area contributed by atoms with Crippen molar-refractivity contribution in [3.8, 4) is 0 Å². The molecule has 3 rings (SSSR count). The fourth-order valence-corrected chi connectivity index (χ4v) is 4.98. The number of sulfonamides is 1. The van der Waals surface area contributed by atoms with E-state index in [1.165, 1.54) is 5.56 Å². The molecule has 2 aliphatic rings. The quantitative estimate of drug-likeness (QED) is 0.820. The molecular formula is C18H27N3O3S. The summed E-state index contributed by atoms with van der Waals surface area (Å²) in [5.74, 6) is -0.0147. The molecule has 1 heterocycles. The first kappa shape index (κ1) is 18.4. The molecule has 138 valence electrons. The maximum absolute atomic E-state index is 12.3. The Balaban J connectivity index is 1.45. The van der Waals surface area contributed by atoms with Crippen molar-refractivity contribution in [3.05, 3.63) is 35.4 Å². The summed E-state index contributed by atoms with van der Waals surface area (Å²) in [5.41, 5.74) is 2.28. The van der Waals surface area contributed by atoms with Crippen molar-refractivity contribution in [2.24, 2.45) is 0 Å². The van der Waals surface area contributed by atoms with Gasteiger partial charge in [0.2, 0.25) is 15.9 Å². The van der Waals surface area contributed by atoms with E-state index in [9.17, 15) is 13.2 Å². The zero-order valence-corrected chi connectivity index (χ0v) is 15.6. The maximum atomic E-state index is 12.3. The zero-order chi connectivity index (χ0) is 17.9. The molecule has 1 aliphatic heterocycles. The van der Waals surface area contributed by atoms with E-state index in [4.69, 9.17) is 0 Å². The van der Waals surface area contributed by atoms with Crippen LogP contribution in [0.25, 0.3) is 0 Å². The first-order valence-electron chi connectivity index (χ1n) is 8.99. The van der Waals surface area contributed by atoms with Gasteiger partial charge in [0.05, 0.1) is 11.8 Å². The molecule has 0 aromatic heterocycles. The number of amides is 1. The van der Waals surface area contributed by atoms with Crippen LogP contribution in [0.5, 0.6) is 0 Å². The first-order chi connectivity index (χ1) is 11.9. The number of carbonyl (C=O) groups excluding carboxylic acids is 1. The van der Waals surface area contributed by atoms with Gasteiger partial charge < -0.3 is 5.32 Å². The van der Waals surface area contributed by atoms with Gasteiger partial charge in [-0.05, 0) is 38.3 Å². The zero-order valence-electron chi connectivity index (χ0n) is 14.8. The van der Waals surface area contributed by atoms with Crippen molar-refractivity contribution >= 4 is 15.9 Å². The third-order valence-electron chi connectivity index (χ3n) is 4.83. The average molecular weight is 365 g/mol. The van der Waals surface area contributed by atoms with Crippen LogP contribution in [-0.2, 0) is 21.4 Å². The van der Waals surface area contributed by atoms with E-state index < -0.39 is 10.0 Å². The Kier molecular flexibility index (Phi) is 5.76. The van der Waals surface area contributed by atoms with Crippen molar-refractivity contribution in [3.63, 3.8) is 0 Å². The number of hydrogen-bond acceptors (Lipinski definition) is 4. The topological polar surface area (TPSA) is 69.7 Å². The molecule has 1 N–H and O–H groups in total. The van der Waals surface area contributed by atoms with Crippen LogP contribution in [0.15, 0.2) is 24.3 Å². The summed E-state index contributed by atoms with van der Waals surface area (Å²) in [6, 6.07) is 8.10. The van der Waals surface area contributed by atoms with Gasteiger partial charge in [0.15, 0.2) is 0 Å². The number of aryl methyl sites for hydroxylation is 1. The van der Waals surface area contributed by atoms with Crippen LogP contribution >= 0.6 is 0 Å². The van der Waals surface area contributed by atoms with Crippen LogP contribution in [-0.4, -0.2) is 61.5 Å². The Bertz CT molecular complexity index is 699. The molecule has 7 heteroatoms. The van der Waals surface area contributed by atoms with Gasteiger partial charge in [0, 0.05) is 26.2 Å². The highest BCUT2D eigenvalue weighted by molar-refractivity contribution is 7.90. The van der Waals surface area contributed by atoms with Crippen molar-refractivity contribution < 1.29 is 13.2 Å². The van der Waals surface area contributed by atoms with E-state index in [1.54, 1.807) is 4.31 Å². The second kappa shape index (κ2) is 7.85. The second-order valence-corrected chi connectivity index (χ2v) is 9.25. The number of carbonyl (C=O) groups is 1. The van der Waals surface area contributed by atoms with Crippen molar-refractivity contribution in [1.29, 1.82) is 0 Å². The Hall–Kier alpha value is -1.44. The number of hydrogen-bond donors (Lipinski definition) is 1. The van der Waals surface area contributed by atoms with Gasteiger partial charge in [-0.2, -0.15) is 0 Å². The van der Waals surface area contributed by atoms with Gasteiger partial charge in [-0.15, -0.1) is 0 Å². The molecule has 1 saturated carbocycles. The lowest BCUT2D eigenvalue weighted by molar-refractivity contribution is -0.122. The summed E-state index contributed by atoms with van der Waals surface area (Å²) >= 11 is 0. The number of nitrogens with zero attached hydrogens (tertiary/aromatic N) is 2. The normalized spacial score (nSPS) is 20.2. The predicted octanol–water partition coefficient (Wildman–Crippen LogP) is 1.11. The summed E-state index contributed by atoms with van der Waals surface area (Å²) in [6.07, 6.45) is 2.37. The molecule has 0 atom stereocenters. The molecule has 1 amide bonds. The van der Waals surface area contributed by atoms with Crippen LogP contribution < -0.4 is 5.32 Å². The van der Waals surface area contributed by atoms with Gasteiger partial charge in [-0.1, -0.05) is 29.8 Å². The molecule has 1 aliphatic carbocycles. The summed E-state index contributed by atoms with van der Waals surface area (Å²) in [6.45, 7) is 5.32. The molecule has 0 radical (unpaired) electrons. The van der Waals surface area contributed by atoms with Gasteiger partial charge >= 0.3 is 0 Å². The summed E-state index contributed by atoms with van der Waals surface area (Å²) in [4.78, 5) is 14.2. The molecule has 1 saturated heterocycles. The van der Waals surface area contributed by atoms with E-state index in [0.29, 0.717) is 32.7 Å². The van der Waals surface area contributed by atoms with E-state index in [-0.39, 0.29) is 11.2 Å². The highest BCUT2D eigenvalue weighted by atomic mass is 32.2. The van der Waals surface area contributed by atoms with Gasteiger partial charge in [-0.3, -0.25) is 9.69 Å². The maximum Gasteiger partial charge on any atom is 0.234 e. The predicted molar refractivity (Wildman–Crippen MR) is 97.6 cm³/mol. The molecule has 1 aromatic carbocycles. The standard InChI is InChI=1S/C18H27N3O3S/c1-15-3-5-16(6-4-15)13-19-18(22)14-20-9-2-10-21(12-11-20)25(23,24)17-7-8-17/h3-6,17H,2,7-14H2,1H3,(H,19,22). The number of nitrogens with one attached hydrogen (secondary N) is 1. The molecule has 25 heavy (non-hydrogen) atoms. The molecule has 0 unspecified atom stereocenters. The van der Waals surface area contributed by atoms with Crippen LogP contribution in [0.4, 0.5) is 0 Å². The van der Waals surface area contributed by atoms with Crippen molar-refractivity contribution in [1.82, 2.24) is 14.5 Å². The monoisotopic (exact) mass is 365 g/mol. The second-order valence-electron chi connectivity index (χ2n) is 7.04. The SMILES string of the molecule is Cc1ccc(CNC(=O)CN2CCCN(S(=O)(=O)C3CC3)CC2)cc1. The largest absolute Gasteiger partial charge is 0.351 e. The smallest absolute Gasteiger partial charge is 0.234 e. The van der Waals surface area contributed by atoms with Crippen molar-refractivity contribution in [2.75, 3.05) is 32.7 Å².